The number of ether oxygens (including phenoxy) is 1. The van der Waals surface area contributed by atoms with Gasteiger partial charge in [0.15, 0.2) is 0 Å². The van der Waals surface area contributed by atoms with E-state index < -0.39 is 0 Å². The van der Waals surface area contributed by atoms with E-state index in [0.29, 0.717) is 13.0 Å². The molecule has 0 bridgehead atoms. The SMILES string of the molecule is CCCCCCC=CCC=CCCCCCCC(=O)OCC. The molecule has 0 aromatic heterocycles. The van der Waals surface area contributed by atoms with Gasteiger partial charge in [-0.3, -0.25) is 4.79 Å². The van der Waals surface area contributed by atoms with Gasteiger partial charge in [-0.1, -0.05) is 63.3 Å². The van der Waals surface area contributed by atoms with Gasteiger partial charge in [0, 0.05) is 6.42 Å². The summed E-state index contributed by atoms with van der Waals surface area (Å²) in [5.41, 5.74) is 0. The zero-order valence-electron chi connectivity index (χ0n) is 14.8. The van der Waals surface area contributed by atoms with E-state index in [1.54, 1.807) is 0 Å². The van der Waals surface area contributed by atoms with Crippen LogP contribution in [0.5, 0.6) is 0 Å². The summed E-state index contributed by atoms with van der Waals surface area (Å²) < 4.78 is 4.90. The zero-order valence-corrected chi connectivity index (χ0v) is 14.8. The number of allylic oxidation sites excluding steroid dienone is 4. The Bertz CT molecular complexity index is 292. The molecule has 0 aromatic rings. The molecule has 0 amide bonds. The van der Waals surface area contributed by atoms with Gasteiger partial charge in [-0.25, -0.2) is 0 Å². The molecule has 22 heavy (non-hydrogen) atoms. The molecule has 0 heterocycles. The number of carbonyl (C=O) groups is 1. The lowest BCUT2D eigenvalue weighted by atomic mass is 10.1. The lowest BCUT2D eigenvalue weighted by molar-refractivity contribution is -0.143. The molecule has 0 atom stereocenters. The predicted octanol–water partition coefficient (Wildman–Crippen LogP) is 6.36. The minimum absolute atomic E-state index is 0.0520. The third-order valence-corrected chi connectivity index (χ3v) is 3.64. The average molecular weight is 309 g/mol. The molecule has 2 nitrogen and oxygen atoms in total. The van der Waals surface area contributed by atoms with Crippen LogP contribution in [0.25, 0.3) is 0 Å². The van der Waals surface area contributed by atoms with Crippen molar-refractivity contribution in [2.24, 2.45) is 0 Å². The molecule has 0 aromatic carbocycles. The van der Waals surface area contributed by atoms with E-state index in [9.17, 15) is 4.79 Å². The molecule has 0 aliphatic carbocycles. The van der Waals surface area contributed by atoms with Crippen LogP contribution in [-0.2, 0) is 9.53 Å². The highest BCUT2D eigenvalue weighted by molar-refractivity contribution is 5.69. The Labute approximate surface area is 138 Å². The zero-order chi connectivity index (χ0) is 16.3. The second-order valence-electron chi connectivity index (χ2n) is 5.79. The van der Waals surface area contributed by atoms with E-state index in [0.717, 1.165) is 25.7 Å². The van der Waals surface area contributed by atoms with Crippen molar-refractivity contribution in [1.82, 2.24) is 0 Å². The van der Waals surface area contributed by atoms with E-state index in [1.165, 1.54) is 44.9 Å². The highest BCUT2D eigenvalue weighted by Gasteiger charge is 1.99. The molecule has 128 valence electrons. The van der Waals surface area contributed by atoms with Crippen LogP contribution in [0.15, 0.2) is 24.3 Å². The second kappa shape index (κ2) is 18.0. The number of hydrogen-bond acceptors (Lipinski definition) is 2. The summed E-state index contributed by atoms with van der Waals surface area (Å²) in [5.74, 6) is -0.0520. The van der Waals surface area contributed by atoms with Crippen LogP contribution in [-0.4, -0.2) is 12.6 Å². The number of esters is 1. The third-order valence-electron chi connectivity index (χ3n) is 3.64. The molecular formula is C20H36O2. The van der Waals surface area contributed by atoms with E-state index in [4.69, 9.17) is 4.74 Å². The minimum atomic E-state index is -0.0520. The Morgan fingerprint density at radius 2 is 1.36 bits per heavy atom. The van der Waals surface area contributed by atoms with Crippen LogP contribution in [0.3, 0.4) is 0 Å². The molecule has 0 saturated heterocycles. The molecule has 0 fully saturated rings. The van der Waals surface area contributed by atoms with Gasteiger partial charge in [-0.05, 0) is 45.4 Å². The van der Waals surface area contributed by atoms with Crippen molar-refractivity contribution >= 4 is 5.97 Å². The van der Waals surface area contributed by atoms with Crippen molar-refractivity contribution in [2.75, 3.05) is 6.61 Å². The van der Waals surface area contributed by atoms with E-state index >= 15 is 0 Å². The fourth-order valence-electron chi connectivity index (χ4n) is 2.31. The second-order valence-corrected chi connectivity index (χ2v) is 5.79. The maximum absolute atomic E-state index is 11.1. The van der Waals surface area contributed by atoms with E-state index in [1.807, 2.05) is 6.92 Å². The summed E-state index contributed by atoms with van der Waals surface area (Å²) in [6.07, 6.45) is 23.1. The molecule has 0 N–H and O–H groups in total. The maximum Gasteiger partial charge on any atom is 0.305 e. The van der Waals surface area contributed by atoms with Gasteiger partial charge in [0.05, 0.1) is 6.61 Å². The summed E-state index contributed by atoms with van der Waals surface area (Å²) in [6, 6.07) is 0. The highest BCUT2D eigenvalue weighted by Crippen LogP contribution is 2.07. The number of hydrogen-bond donors (Lipinski definition) is 0. The fourth-order valence-corrected chi connectivity index (χ4v) is 2.31. The van der Waals surface area contributed by atoms with Crippen LogP contribution < -0.4 is 0 Å². The monoisotopic (exact) mass is 308 g/mol. The molecule has 0 saturated carbocycles. The molecular weight excluding hydrogens is 272 g/mol. The van der Waals surface area contributed by atoms with Crippen molar-refractivity contribution in [3.05, 3.63) is 24.3 Å². The highest BCUT2D eigenvalue weighted by atomic mass is 16.5. The van der Waals surface area contributed by atoms with Crippen molar-refractivity contribution < 1.29 is 9.53 Å². The predicted molar refractivity (Wildman–Crippen MR) is 96.0 cm³/mol. The maximum atomic E-state index is 11.1. The van der Waals surface area contributed by atoms with Crippen molar-refractivity contribution in [3.63, 3.8) is 0 Å². The van der Waals surface area contributed by atoms with Crippen LogP contribution in [0.4, 0.5) is 0 Å². The number of rotatable bonds is 15. The number of carbonyl (C=O) groups excluding carboxylic acids is 1. The van der Waals surface area contributed by atoms with Gasteiger partial charge in [-0.15, -0.1) is 0 Å². The normalized spacial score (nSPS) is 11.5. The van der Waals surface area contributed by atoms with Crippen molar-refractivity contribution in [2.45, 2.75) is 90.9 Å². The first-order valence-electron chi connectivity index (χ1n) is 9.26. The van der Waals surface area contributed by atoms with Gasteiger partial charge < -0.3 is 4.74 Å². The lowest BCUT2D eigenvalue weighted by Gasteiger charge is -2.01. The van der Waals surface area contributed by atoms with Gasteiger partial charge in [0.1, 0.15) is 0 Å². The molecule has 0 aliphatic heterocycles. The lowest BCUT2D eigenvalue weighted by Crippen LogP contribution is -2.02. The summed E-state index contributed by atoms with van der Waals surface area (Å²) >= 11 is 0. The summed E-state index contributed by atoms with van der Waals surface area (Å²) in [6.45, 7) is 4.60. The number of unbranched alkanes of at least 4 members (excludes halogenated alkanes) is 8. The Balaban J connectivity index is 3.23. The topological polar surface area (TPSA) is 26.3 Å². The van der Waals surface area contributed by atoms with E-state index in [2.05, 4.69) is 31.2 Å². The van der Waals surface area contributed by atoms with Gasteiger partial charge in [0.2, 0.25) is 0 Å². The van der Waals surface area contributed by atoms with Crippen molar-refractivity contribution in [1.29, 1.82) is 0 Å². The molecule has 0 radical (unpaired) electrons. The first-order chi connectivity index (χ1) is 10.8. The van der Waals surface area contributed by atoms with Gasteiger partial charge >= 0.3 is 5.97 Å². The van der Waals surface area contributed by atoms with Crippen LogP contribution in [0.2, 0.25) is 0 Å². The average Bonchev–Trinajstić information content (AvgIpc) is 2.51. The van der Waals surface area contributed by atoms with E-state index in [-0.39, 0.29) is 5.97 Å². The Hall–Kier alpha value is -1.05. The molecule has 0 rings (SSSR count). The van der Waals surface area contributed by atoms with Crippen LogP contribution >= 0.6 is 0 Å². The standard InChI is InChI=1S/C20H36O2/c1-3-5-6-7-8-9-10-11-12-13-14-15-16-17-18-19-20(21)22-4-2/h9-10,12-13H,3-8,11,14-19H2,1-2H3. The molecule has 2 heteroatoms. The fraction of sp³-hybridized carbons (Fsp3) is 0.750. The largest absolute Gasteiger partial charge is 0.466 e. The summed E-state index contributed by atoms with van der Waals surface area (Å²) in [7, 11) is 0. The Morgan fingerprint density at radius 1 is 0.773 bits per heavy atom. The Kier molecular flexibility index (Phi) is 17.1. The summed E-state index contributed by atoms with van der Waals surface area (Å²) in [4.78, 5) is 11.1. The first kappa shape index (κ1) is 20.9. The molecule has 0 unspecified atom stereocenters. The van der Waals surface area contributed by atoms with Gasteiger partial charge in [0.25, 0.3) is 0 Å². The third kappa shape index (κ3) is 17.0. The molecule has 0 aliphatic rings. The first-order valence-corrected chi connectivity index (χ1v) is 9.26. The molecule has 0 spiro atoms. The van der Waals surface area contributed by atoms with Crippen LogP contribution in [0, 0.1) is 0 Å². The summed E-state index contributed by atoms with van der Waals surface area (Å²) in [5, 5.41) is 0. The Morgan fingerprint density at radius 3 is 1.95 bits per heavy atom. The van der Waals surface area contributed by atoms with Crippen molar-refractivity contribution in [3.8, 4) is 0 Å². The van der Waals surface area contributed by atoms with Gasteiger partial charge in [-0.2, -0.15) is 0 Å². The minimum Gasteiger partial charge on any atom is -0.466 e. The quantitative estimate of drug-likeness (QED) is 0.200. The van der Waals surface area contributed by atoms with Crippen LogP contribution in [0.1, 0.15) is 90.9 Å². The smallest absolute Gasteiger partial charge is 0.305 e.